The van der Waals surface area contributed by atoms with Crippen molar-refractivity contribution in [2.45, 2.75) is 39.0 Å². The zero-order valence-electron chi connectivity index (χ0n) is 18.3. The molecule has 3 N–H and O–H groups in total. The average Bonchev–Trinajstić information content (AvgIpc) is 3.26. The number of esters is 1. The summed E-state index contributed by atoms with van der Waals surface area (Å²) >= 11 is 0. The molecule has 34 heavy (non-hydrogen) atoms. The van der Waals surface area contributed by atoms with Crippen molar-refractivity contribution in [3.63, 3.8) is 0 Å². The lowest BCUT2D eigenvalue weighted by atomic mass is 10.1. The first kappa shape index (κ1) is 24.3. The molecule has 2 aromatic carbocycles. The number of benzene rings is 2. The zero-order chi connectivity index (χ0) is 24.8. The molecule has 176 valence electrons. The molecule has 0 aliphatic carbocycles. The van der Waals surface area contributed by atoms with E-state index in [-0.39, 0.29) is 30.0 Å². The van der Waals surface area contributed by atoms with Crippen molar-refractivity contribution < 1.29 is 33.1 Å². The Hall–Kier alpha value is -4.30. The first-order valence-electron chi connectivity index (χ1n) is 10.2. The molecule has 0 aliphatic rings. The van der Waals surface area contributed by atoms with Gasteiger partial charge in [-0.3, -0.25) is 9.59 Å². The monoisotopic (exact) mass is 468 g/mol. The smallest absolute Gasteiger partial charge is 0.323 e. The molecule has 0 spiro atoms. The van der Waals surface area contributed by atoms with Crippen molar-refractivity contribution in [3.05, 3.63) is 53.3 Å². The highest BCUT2D eigenvalue weighted by molar-refractivity contribution is 5.81. The highest BCUT2D eigenvalue weighted by Crippen LogP contribution is 2.28. The van der Waals surface area contributed by atoms with Crippen LogP contribution in [0.25, 0.3) is 22.8 Å². The number of carboxylic acids is 1. The average molecular weight is 468 g/mol. The third kappa shape index (κ3) is 5.93. The molecule has 3 rings (SSSR count). The minimum atomic E-state index is -1.31. The molecule has 0 radical (unpaired) electrons. The van der Waals surface area contributed by atoms with Crippen molar-refractivity contribution in [1.29, 1.82) is 5.26 Å². The summed E-state index contributed by atoms with van der Waals surface area (Å²) in [6, 6.07) is 9.58. The molecule has 0 saturated heterocycles. The van der Waals surface area contributed by atoms with Crippen LogP contribution in [0.4, 0.5) is 4.39 Å². The number of rotatable bonds is 9. The van der Waals surface area contributed by atoms with Crippen molar-refractivity contribution in [2.75, 3.05) is 0 Å². The van der Waals surface area contributed by atoms with Gasteiger partial charge >= 0.3 is 11.9 Å². The summed E-state index contributed by atoms with van der Waals surface area (Å²) in [5, 5.41) is 21.9. The van der Waals surface area contributed by atoms with E-state index in [9.17, 15) is 19.2 Å². The second-order valence-electron chi connectivity index (χ2n) is 7.54. The number of nitrogens with two attached hydrogens (primary N) is 1. The maximum atomic E-state index is 14.7. The van der Waals surface area contributed by atoms with E-state index in [0.29, 0.717) is 22.4 Å². The van der Waals surface area contributed by atoms with Crippen LogP contribution in [0.3, 0.4) is 0 Å². The van der Waals surface area contributed by atoms with Crippen molar-refractivity contribution in [3.8, 4) is 34.7 Å². The molecule has 1 heterocycles. The first-order chi connectivity index (χ1) is 16.2. The fraction of sp³-hybridized carbons (Fsp3) is 0.261. The quantitative estimate of drug-likeness (QED) is 0.446. The summed E-state index contributed by atoms with van der Waals surface area (Å²) in [7, 11) is 0. The van der Waals surface area contributed by atoms with Crippen LogP contribution in [-0.4, -0.2) is 39.3 Å². The van der Waals surface area contributed by atoms with Gasteiger partial charge in [0.05, 0.1) is 23.7 Å². The number of nitrogens with zero attached hydrogens (tertiary/aromatic N) is 3. The summed E-state index contributed by atoms with van der Waals surface area (Å²) in [6.07, 6.45) is -0.681. The molecule has 10 nitrogen and oxygen atoms in total. The van der Waals surface area contributed by atoms with E-state index in [1.54, 1.807) is 12.1 Å². The Morgan fingerprint density at radius 3 is 2.68 bits per heavy atom. The highest BCUT2D eigenvalue weighted by atomic mass is 19.1. The summed E-state index contributed by atoms with van der Waals surface area (Å²) in [5.41, 5.74) is 6.55. The normalized spacial score (nSPS) is 11.6. The Kier molecular flexibility index (Phi) is 7.55. The van der Waals surface area contributed by atoms with Gasteiger partial charge in [-0.15, -0.1) is 0 Å². The van der Waals surface area contributed by atoms with Crippen LogP contribution in [0.1, 0.15) is 31.4 Å². The Morgan fingerprint density at radius 2 is 2.03 bits per heavy atom. The van der Waals surface area contributed by atoms with Crippen molar-refractivity contribution >= 4 is 11.9 Å². The van der Waals surface area contributed by atoms with Gasteiger partial charge in [0, 0.05) is 5.56 Å². The Bertz CT molecular complexity index is 1250. The number of ether oxygens (including phenoxy) is 2. The molecule has 0 amide bonds. The number of carboxylic acid groups (broad SMARTS) is 1. The van der Waals surface area contributed by atoms with Gasteiger partial charge in [0.2, 0.25) is 5.82 Å². The predicted molar refractivity (Wildman–Crippen MR) is 116 cm³/mol. The van der Waals surface area contributed by atoms with Gasteiger partial charge in [0.1, 0.15) is 30.3 Å². The van der Waals surface area contributed by atoms with Crippen LogP contribution in [0.5, 0.6) is 5.75 Å². The third-order valence-electron chi connectivity index (χ3n) is 4.49. The van der Waals surface area contributed by atoms with Gasteiger partial charge in [0.15, 0.2) is 0 Å². The van der Waals surface area contributed by atoms with Crippen LogP contribution in [-0.2, 0) is 20.9 Å². The van der Waals surface area contributed by atoms with E-state index in [1.165, 1.54) is 18.2 Å². The molecular weight excluding hydrogens is 447 g/mol. The number of carbonyl (C=O) groups is 2. The van der Waals surface area contributed by atoms with E-state index < -0.39 is 30.2 Å². The van der Waals surface area contributed by atoms with Crippen LogP contribution >= 0.6 is 0 Å². The zero-order valence-corrected chi connectivity index (χ0v) is 18.3. The van der Waals surface area contributed by atoms with E-state index >= 15 is 0 Å². The van der Waals surface area contributed by atoms with Gasteiger partial charge in [-0.25, -0.2) is 4.39 Å². The topological polar surface area (TPSA) is 162 Å². The minimum Gasteiger partial charge on any atom is -0.490 e. The molecule has 3 aromatic rings. The summed E-state index contributed by atoms with van der Waals surface area (Å²) in [5.74, 6) is -2.33. The SMILES string of the molecule is CC(C)Oc1ccc(-c2nc(-c3ccc(COC(=O)[C@@H](N)CC(=O)O)cc3F)no2)cc1C#N. The van der Waals surface area contributed by atoms with Crippen molar-refractivity contribution in [2.24, 2.45) is 5.73 Å². The first-order valence-corrected chi connectivity index (χ1v) is 10.2. The number of aromatic nitrogens is 2. The van der Waals surface area contributed by atoms with E-state index in [4.69, 9.17) is 24.8 Å². The maximum Gasteiger partial charge on any atom is 0.323 e. The van der Waals surface area contributed by atoms with E-state index in [1.807, 2.05) is 13.8 Å². The molecule has 0 bridgehead atoms. The van der Waals surface area contributed by atoms with Gasteiger partial charge in [-0.1, -0.05) is 11.2 Å². The molecule has 1 atom stereocenters. The molecule has 0 fully saturated rings. The molecule has 1 aromatic heterocycles. The number of hydrogen-bond acceptors (Lipinski definition) is 9. The number of halogens is 1. The molecular formula is C23H21FN4O6. The van der Waals surface area contributed by atoms with Crippen LogP contribution in [0.15, 0.2) is 40.9 Å². The number of carbonyl (C=O) groups excluding carboxylic acids is 1. The fourth-order valence-corrected chi connectivity index (χ4v) is 2.92. The van der Waals surface area contributed by atoms with Crippen molar-refractivity contribution in [1.82, 2.24) is 10.1 Å². The lowest BCUT2D eigenvalue weighted by Gasteiger charge is -2.11. The molecule has 11 heteroatoms. The number of aliphatic carboxylic acids is 1. The van der Waals surface area contributed by atoms with Crippen LogP contribution in [0.2, 0.25) is 0 Å². The van der Waals surface area contributed by atoms with Gasteiger partial charge in [0.25, 0.3) is 5.89 Å². The largest absolute Gasteiger partial charge is 0.490 e. The Balaban J connectivity index is 1.74. The van der Waals surface area contributed by atoms with Gasteiger partial charge < -0.3 is 24.8 Å². The second-order valence-corrected chi connectivity index (χ2v) is 7.54. The minimum absolute atomic E-state index is 0.0134. The molecule has 0 aliphatic heterocycles. The van der Waals surface area contributed by atoms with Crippen LogP contribution < -0.4 is 10.5 Å². The second kappa shape index (κ2) is 10.5. The van der Waals surface area contributed by atoms with E-state index in [0.717, 1.165) is 6.07 Å². The van der Waals surface area contributed by atoms with E-state index in [2.05, 4.69) is 16.2 Å². The third-order valence-corrected chi connectivity index (χ3v) is 4.49. The Labute approximate surface area is 193 Å². The fourth-order valence-electron chi connectivity index (χ4n) is 2.92. The molecule has 0 saturated carbocycles. The van der Waals surface area contributed by atoms with Gasteiger partial charge in [-0.2, -0.15) is 10.2 Å². The number of hydrogen-bond donors (Lipinski definition) is 2. The maximum absolute atomic E-state index is 14.7. The van der Waals surface area contributed by atoms with Gasteiger partial charge in [-0.05, 0) is 49.7 Å². The lowest BCUT2D eigenvalue weighted by molar-refractivity contribution is -0.150. The lowest BCUT2D eigenvalue weighted by Crippen LogP contribution is -2.34. The Morgan fingerprint density at radius 1 is 1.26 bits per heavy atom. The summed E-state index contributed by atoms with van der Waals surface area (Å²) in [4.78, 5) is 26.5. The molecule has 0 unspecified atom stereocenters. The standard InChI is InChI=1S/C23H21FN4O6/c1-12(2)33-19-6-4-14(8-15(19)10-25)22-27-21(28-34-22)16-5-3-13(7-17(16)24)11-32-23(31)18(26)9-20(29)30/h3-8,12,18H,9,11,26H2,1-2H3,(H,29,30)/t18-/m0/s1. The summed E-state index contributed by atoms with van der Waals surface area (Å²) < 4.78 is 30.4. The van der Waals surface area contributed by atoms with Crippen LogP contribution in [0, 0.1) is 17.1 Å². The summed E-state index contributed by atoms with van der Waals surface area (Å²) in [6.45, 7) is 3.40. The highest BCUT2D eigenvalue weighted by Gasteiger charge is 2.20. The number of nitriles is 1. The predicted octanol–water partition coefficient (Wildman–Crippen LogP) is 3.05.